The Hall–Kier alpha value is -0.770. The Morgan fingerprint density at radius 3 is 2.28 bits per heavy atom. The van der Waals surface area contributed by atoms with E-state index >= 15 is 0 Å². The van der Waals surface area contributed by atoms with E-state index in [4.69, 9.17) is 4.42 Å². The second kappa shape index (κ2) is 6.41. The van der Waals surface area contributed by atoms with Gasteiger partial charge in [0.1, 0.15) is 11.5 Å². The van der Waals surface area contributed by atoms with Crippen molar-refractivity contribution in [3.63, 3.8) is 0 Å². The topological polar surface area (TPSA) is 42.2 Å². The van der Waals surface area contributed by atoms with Crippen molar-refractivity contribution in [1.29, 1.82) is 0 Å². The molecule has 1 heterocycles. The molecule has 1 unspecified atom stereocenters. The van der Waals surface area contributed by atoms with Gasteiger partial charge in [0, 0.05) is 16.9 Å². The summed E-state index contributed by atoms with van der Waals surface area (Å²) in [5, 5.41) is 3.99. The van der Waals surface area contributed by atoms with Crippen molar-refractivity contribution in [1.82, 2.24) is 5.32 Å². The average molecular weight is 316 g/mol. The van der Waals surface area contributed by atoms with Crippen LogP contribution in [-0.4, -0.2) is 17.3 Å². The molecule has 18 heavy (non-hydrogen) atoms. The van der Waals surface area contributed by atoms with Crippen LogP contribution in [0.25, 0.3) is 0 Å². The van der Waals surface area contributed by atoms with Crippen molar-refractivity contribution in [3.05, 3.63) is 22.6 Å². The van der Waals surface area contributed by atoms with E-state index < -0.39 is 0 Å². The molecule has 0 fully saturated rings. The van der Waals surface area contributed by atoms with Crippen LogP contribution in [0.5, 0.6) is 0 Å². The summed E-state index contributed by atoms with van der Waals surface area (Å²) in [5.74, 6) is 1.91. The first-order valence-corrected chi connectivity index (χ1v) is 7.44. The first-order chi connectivity index (χ1) is 8.38. The fraction of sp³-hybridized carbons (Fsp3) is 0.643. The molecular formula is C14H22BrNO2. The SMILES string of the molecule is Cc1oc(C)c(C(=O)NC(CCBr)C(C)C)c1C. The van der Waals surface area contributed by atoms with Crippen LogP contribution in [0.15, 0.2) is 4.42 Å². The zero-order chi connectivity index (χ0) is 13.9. The minimum absolute atomic E-state index is 0.0264. The third-order valence-electron chi connectivity index (χ3n) is 3.33. The molecule has 4 heteroatoms. The summed E-state index contributed by atoms with van der Waals surface area (Å²) in [7, 11) is 0. The van der Waals surface area contributed by atoms with E-state index in [9.17, 15) is 4.79 Å². The third-order valence-corrected chi connectivity index (χ3v) is 3.79. The minimum Gasteiger partial charge on any atom is -0.466 e. The highest BCUT2D eigenvalue weighted by Gasteiger charge is 2.22. The molecule has 1 N–H and O–H groups in total. The van der Waals surface area contributed by atoms with Crippen LogP contribution in [-0.2, 0) is 0 Å². The largest absolute Gasteiger partial charge is 0.466 e. The summed E-state index contributed by atoms with van der Waals surface area (Å²) >= 11 is 3.43. The lowest BCUT2D eigenvalue weighted by Crippen LogP contribution is -2.39. The second-order valence-corrected chi connectivity index (χ2v) is 5.81. The highest BCUT2D eigenvalue weighted by molar-refractivity contribution is 9.09. The van der Waals surface area contributed by atoms with Gasteiger partial charge in [0.15, 0.2) is 0 Å². The predicted molar refractivity (Wildman–Crippen MR) is 77.4 cm³/mol. The highest BCUT2D eigenvalue weighted by atomic mass is 79.9. The lowest BCUT2D eigenvalue weighted by molar-refractivity contribution is 0.0923. The lowest BCUT2D eigenvalue weighted by Gasteiger charge is -2.21. The number of nitrogens with one attached hydrogen (secondary N) is 1. The van der Waals surface area contributed by atoms with Crippen LogP contribution in [0, 0.1) is 26.7 Å². The third kappa shape index (κ3) is 3.37. The second-order valence-electron chi connectivity index (χ2n) is 5.02. The Morgan fingerprint density at radius 1 is 1.28 bits per heavy atom. The first kappa shape index (κ1) is 15.3. The van der Waals surface area contributed by atoms with Crippen LogP contribution >= 0.6 is 15.9 Å². The number of amides is 1. The number of furan rings is 1. The predicted octanol–water partition coefficient (Wildman–Crippen LogP) is 3.74. The van der Waals surface area contributed by atoms with E-state index in [0.29, 0.717) is 17.2 Å². The van der Waals surface area contributed by atoms with Gasteiger partial charge < -0.3 is 9.73 Å². The summed E-state index contributed by atoms with van der Waals surface area (Å²) in [4.78, 5) is 12.3. The number of carbonyl (C=O) groups excluding carboxylic acids is 1. The Kier molecular flexibility index (Phi) is 5.45. The molecule has 0 aliphatic heterocycles. The molecule has 1 aromatic heterocycles. The Morgan fingerprint density at radius 2 is 1.89 bits per heavy atom. The van der Waals surface area contributed by atoms with E-state index in [1.165, 1.54) is 0 Å². The van der Waals surface area contributed by atoms with Gasteiger partial charge in [-0.05, 0) is 33.1 Å². The summed E-state index contributed by atoms with van der Waals surface area (Å²) < 4.78 is 5.50. The quantitative estimate of drug-likeness (QED) is 0.841. The summed E-state index contributed by atoms with van der Waals surface area (Å²) in [6.07, 6.45) is 0.929. The maximum Gasteiger partial charge on any atom is 0.255 e. The molecule has 1 aromatic rings. The molecule has 3 nitrogen and oxygen atoms in total. The van der Waals surface area contributed by atoms with E-state index in [1.807, 2.05) is 20.8 Å². The molecule has 0 aliphatic rings. The normalized spacial score (nSPS) is 12.8. The van der Waals surface area contributed by atoms with Crippen molar-refractivity contribution < 1.29 is 9.21 Å². The van der Waals surface area contributed by atoms with E-state index in [-0.39, 0.29) is 11.9 Å². The Bertz CT molecular complexity index is 424. The number of alkyl halides is 1. The van der Waals surface area contributed by atoms with Gasteiger partial charge in [-0.25, -0.2) is 0 Å². The standard InChI is InChI=1S/C14H22BrNO2/c1-8(2)12(6-7-15)16-14(17)13-9(3)10(4)18-11(13)5/h8,12H,6-7H2,1-5H3,(H,16,17). The maximum atomic E-state index is 12.3. The van der Waals surface area contributed by atoms with Crippen LogP contribution in [0.3, 0.4) is 0 Å². The molecule has 102 valence electrons. The van der Waals surface area contributed by atoms with Crippen LogP contribution < -0.4 is 5.32 Å². The van der Waals surface area contributed by atoms with Gasteiger partial charge in [-0.1, -0.05) is 29.8 Å². The fourth-order valence-electron chi connectivity index (χ4n) is 2.06. The summed E-state index contributed by atoms with van der Waals surface area (Å²) in [5.41, 5.74) is 1.62. The van der Waals surface area contributed by atoms with Gasteiger partial charge in [-0.3, -0.25) is 4.79 Å². The van der Waals surface area contributed by atoms with Crippen molar-refractivity contribution in [3.8, 4) is 0 Å². The van der Waals surface area contributed by atoms with Gasteiger partial charge in [-0.15, -0.1) is 0 Å². The molecule has 0 aromatic carbocycles. The van der Waals surface area contributed by atoms with Crippen LogP contribution in [0.2, 0.25) is 0 Å². The number of carbonyl (C=O) groups is 1. The molecule has 1 rings (SSSR count). The molecule has 1 atom stereocenters. The van der Waals surface area contributed by atoms with E-state index in [0.717, 1.165) is 23.1 Å². The van der Waals surface area contributed by atoms with E-state index in [2.05, 4.69) is 35.1 Å². The average Bonchev–Trinajstić information content (AvgIpc) is 2.52. The smallest absolute Gasteiger partial charge is 0.255 e. The number of hydrogen-bond acceptors (Lipinski definition) is 2. The first-order valence-electron chi connectivity index (χ1n) is 6.31. The van der Waals surface area contributed by atoms with E-state index in [1.54, 1.807) is 0 Å². The molecule has 0 saturated heterocycles. The summed E-state index contributed by atoms with van der Waals surface area (Å²) in [6, 6.07) is 0.186. The monoisotopic (exact) mass is 315 g/mol. The van der Waals surface area contributed by atoms with Crippen LogP contribution in [0.1, 0.15) is 47.7 Å². The Labute approximate surface area is 117 Å². The Balaban J connectivity index is 2.87. The van der Waals surface area contributed by atoms with Gasteiger partial charge in [0.05, 0.1) is 5.56 Å². The number of halogens is 1. The highest BCUT2D eigenvalue weighted by Crippen LogP contribution is 2.21. The zero-order valence-electron chi connectivity index (χ0n) is 11.8. The molecule has 1 amide bonds. The number of rotatable bonds is 5. The number of hydrogen-bond donors (Lipinski definition) is 1. The number of aryl methyl sites for hydroxylation is 2. The summed E-state index contributed by atoms with van der Waals surface area (Å²) in [6.45, 7) is 9.89. The molecular weight excluding hydrogens is 294 g/mol. The fourth-order valence-corrected chi connectivity index (χ4v) is 2.55. The molecule has 0 aliphatic carbocycles. The lowest BCUT2D eigenvalue weighted by atomic mass is 10.0. The molecule has 0 radical (unpaired) electrons. The molecule has 0 saturated carbocycles. The van der Waals surface area contributed by atoms with Gasteiger partial charge in [0.2, 0.25) is 0 Å². The van der Waals surface area contributed by atoms with Crippen molar-refractivity contribution in [2.45, 2.75) is 47.1 Å². The van der Waals surface area contributed by atoms with Crippen molar-refractivity contribution in [2.24, 2.45) is 5.92 Å². The van der Waals surface area contributed by atoms with Crippen LogP contribution in [0.4, 0.5) is 0 Å². The van der Waals surface area contributed by atoms with Crippen molar-refractivity contribution in [2.75, 3.05) is 5.33 Å². The molecule has 0 bridgehead atoms. The molecule has 0 spiro atoms. The minimum atomic E-state index is -0.0264. The van der Waals surface area contributed by atoms with Gasteiger partial charge >= 0.3 is 0 Å². The van der Waals surface area contributed by atoms with Gasteiger partial charge in [0.25, 0.3) is 5.91 Å². The zero-order valence-corrected chi connectivity index (χ0v) is 13.3. The maximum absolute atomic E-state index is 12.3. The van der Waals surface area contributed by atoms with Gasteiger partial charge in [-0.2, -0.15) is 0 Å². The van der Waals surface area contributed by atoms with Crippen molar-refractivity contribution >= 4 is 21.8 Å².